The van der Waals surface area contributed by atoms with Gasteiger partial charge in [0.25, 0.3) is 0 Å². The summed E-state index contributed by atoms with van der Waals surface area (Å²) in [6.07, 6.45) is 0.292. The van der Waals surface area contributed by atoms with Crippen molar-refractivity contribution in [2.75, 3.05) is 26.2 Å². The second kappa shape index (κ2) is 13.6. The molecule has 1 heterocycles. The van der Waals surface area contributed by atoms with Gasteiger partial charge in [-0.25, -0.2) is 4.79 Å². The number of carbonyl (C=O) groups excluding carboxylic acids is 1. The van der Waals surface area contributed by atoms with Crippen molar-refractivity contribution in [2.45, 2.75) is 73.1 Å². The van der Waals surface area contributed by atoms with Crippen molar-refractivity contribution in [3.05, 3.63) is 35.9 Å². The van der Waals surface area contributed by atoms with Crippen LogP contribution in [0.1, 0.15) is 60.5 Å². The molecule has 0 aliphatic carbocycles. The van der Waals surface area contributed by atoms with E-state index in [4.69, 9.17) is 4.74 Å². The van der Waals surface area contributed by atoms with Gasteiger partial charge >= 0.3 is 6.09 Å². The van der Waals surface area contributed by atoms with Crippen LogP contribution < -0.4 is 0 Å². The van der Waals surface area contributed by atoms with E-state index in [1.54, 1.807) is 4.90 Å². The molecule has 5 nitrogen and oxygen atoms in total. The van der Waals surface area contributed by atoms with Crippen LogP contribution in [-0.2, 0) is 11.3 Å². The number of nitrogens with zero attached hydrogens (tertiary/aromatic N) is 2. The third-order valence-corrected chi connectivity index (χ3v) is 3.91. The maximum absolute atomic E-state index is 12.4. The molecular formula is C22H40N2O3. The van der Waals surface area contributed by atoms with Crippen LogP contribution in [-0.4, -0.2) is 58.9 Å². The van der Waals surface area contributed by atoms with Gasteiger partial charge in [-0.05, 0) is 32.8 Å². The Morgan fingerprint density at radius 2 is 1.70 bits per heavy atom. The minimum Gasteiger partial charge on any atom is -0.444 e. The highest BCUT2D eigenvalue weighted by atomic mass is 16.6. The van der Waals surface area contributed by atoms with E-state index in [1.165, 1.54) is 5.56 Å². The van der Waals surface area contributed by atoms with Crippen LogP contribution >= 0.6 is 0 Å². The van der Waals surface area contributed by atoms with Gasteiger partial charge < -0.3 is 14.7 Å². The Hall–Kier alpha value is -1.59. The Morgan fingerprint density at radius 1 is 1.11 bits per heavy atom. The van der Waals surface area contributed by atoms with E-state index in [0.717, 1.165) is 19.6 Å². The smallest absolute Gasteiger partial charge is 0.410 e. The van der Waals surface area contributed by atoms with Crippen molar-refractivity contribution in [3.8, 4) is 0 Å². The molecule has 156 valence electrons. The van der Waals surface area contributed by atoms with Gasteiger partial charge in [-0.1, -0.05) is 58.0 Å². The normalized spacial score (nSPS) is 17.2. The average Bonchev–Trinajstić information content (AvgIpc) is 2.65. The van der Waals surface area contributed by atoms with Crippen molar-refractivity contribution in [3.63, 3.8) is 0 Å². The highest BCUT2D eigenvalue weighted by molar-refractivity contribution is 5.68. The molecule has 0 spiro atoms. The number of ether oxygens (including phenoxy) is 1. The molecule has 0 saturated carbocycles. The first-order chi connectivity index (χ1) is 12.9. The van der Waals surface area contributed by atoms with Crippen molar-refractivity contribution in [1.82, 2.24) is 9.80 Å². The molecule has 1 amide bonds. The highest BCUT2D eigenvalue weighted by Crippen LogP contribution is 2.19. The molecular weight excluding hydrogens is 340 g/mol. The van der Waals surface area contributed by atoms with Crippen molar-refractivity contribution < 1.29 is 14.6 Å². The topological polar surface area (TPSA) is 53.0 Å². The monoisotopic (exact) mass is 380 g/mol. The fourth-order valence-corrected chi connectivity index (χ4v) is 2.86. The van der Waals surface area contributed by atoms with Crippen LogP contribution in [0.15, 0.2) is 30.3 Å². The number of hydrogen-bond donors (Lipinski definition) is 1. The zero-order valence-electron chi connectivity index (χ0n) is 18.4. The third kappa shape index (κ3) is 9.78. The van der Waals surface area contributed by atoms with E-state index in [-0.39, 0.29) is 18.7 Å². The number of hydrogen-bond acceptors (Lipinski definition) is 4. The van der Waals surface area contributed by atoms with Crippen LogP contribution in [0.2, 0.25) is 0 Å². The fourth-order valence-electron chi connectivity index (χ4n) is 2.86. The molecule has 1 aliphatic heterocycles. The Bertz CT molecular complexity index is 500. The summed E-state index contributed by atoms with van der Waals surface area (Å²) in [6, 6.07) is 10.3. The quantitative estimate of drug-likeness (QED) is 0.833. The predicted molar refractivity (Wildman–Crippen MR) is 113 cm³/mol. The van der Waals surface area contributed by atoms with Gasteiger partial charge in [0, 0.05) is 38.8 Å². The summed E-state index contributed by atoms with van der Waals surface area (Å²) in [7, 11) is 0. The van der Waals surface area contributed by atoms with Gasteiger partial charge in [0.05, 0.1) is 0 Å². The second-order valence-corrected chi connectivity index (χ2v) is 7.06. The first-order valence-electron chi connectivity index (χ1n) is 10.3. The largest absolute Gasteiger partial charge is 0.444 e. The van der Waals surface area contributed by atoms with Gasteiger partial charge in [0.15, 0.2) is 0 Å². The van der Waals surface area contributed by atoms with Crippen LogP contribution in [0.3, 0.4) is 0 Å². The molecule has 0 bridgehead atoms. The third-order valence-electron chi connectivity index (χ3n) is 3.91. The van der Waals surface area contributed by atoms with Crippen LogP contribution in [0, 0.1) is 0 Å². The Labute approximate surface area is 166 Å². The van der Waals surface area contributed by atoms with Gasteiger partial charge in [-0.2, -0.15) is 0 Å². The highest BCUT2D eigenvalue weighted by Gasteiger charge is 2.32. The Morgan fingerprint density at radius 3 is 2.22 bits per heavy atom. The van der Waals surface area contributed by atoms with Crippen LogP contribution in [0.5, 0.6) is 0 Å². The molecule has 1 saturated heterocycles. The number of carbonyl (C=O) groups is 1. The summed E-state index contributed by atoms with van der Waals surface area (Å²) in [5.74, 6) is 0. The number of benzene rings is 1. The molecule has 5 heteroatoms. The van der Waals surface area contributed by atoms with Crippen molar-refractivity contribution in [2.24, 2.45) is 0 Å². The zero-order valence-corrected chi connectivity index (χ0v) is 18.4. The van der Waals surface area contributed by atoms with Gasteiger partial charge in [-0.3, -0.25) is 4.90 Å². The first kappa shape index (κ1) is 25.4. The zero-order chi connectivity index (χ0) is 20.9. The number of rotatable bonds is 4. The lowest BCUT2D eigenvalue weighted by atomic mass is 10.1. The Balaban J connectivity index is 0.00000158. The van der Waals surface area contributed by atoms with Crippen LogP contribution in [0.4, 0.5) is 4.79 Å². The number of piperazine rings is 1. The van der Waals surface area contributed by atoms with E-state index in [0.29, 0.717) is 13.0 Å². The second-order valence-electron chi connectivity index (χ2n) is 7.06. The summed E-state index contributed by atoms with van der Waals surface area (Å²) in [5, 5.41) is 9.33. The standard InChI is InChI=1S/C18H28N2O3.2C2H6/c1-18(2,3)23-17(22)20-11-10-19(14-16(20)9-12-21)13-15-7-5-4-6-8-15;2*1-2/h4-8,16,21H,9-14H2,1-3H3;2*1-2H3. The molecule has 1 atom stereocenters. The van der Waals surface area contributed by atoms with Crippen molar-refractivity contribution >= 4 is 6.09 Å². The number of aliphatic hydroxyl groups excluding tert-OH is 1. The molecule has 0 aromatic heterocycles. The lowest BCUT2D eigenvalue weighted by Crippen LogP contribution is -2.56. The number of amides is 1. The molecule has 1 N–H and O–H groups in total. The molecule has 1 aromatic rings. The van der Waals surface area contributed by atoms with E-state index in [2.05, 4.69) is 17.0 Å². The summed E-state index contributed by atoms with van der Waals surface area (Å²) < 4.78 is 5.49. The minimum atomic E-state index is -0.498. The maximum Gasteiger partial charge on any atom is 0.410 e. The SMILES string of the molecule is CC.CC.CC(C)(C)OC(=O)N1CCN(Cc2ccccc2)CC1CCO. The molecule has 1 aromatic carbocycles. The molecule has 1 aliphatic rings. The molecule has 0 radical (unpaired) electrons. The van der Waals surface area contributed by atoms with E-state index >= 15 is 0 Å². The van der Waals surface area contributed by atoms with E-state index in [1.807, 2.05) is 66.7 Å². The first-order valence-corrected chi connectivity index (χ1v) is 10.3. The average molecular weight is 381 g/mol. The van der Waals surface area contributed by atoms with Gasteiger partial charge in [-0.15, -0.1) is 0 Å². The fraction of sp³-hybridized carbons (Fsp3) is 0.682. The van der Waals surface area contributed by atoms with E-state index in [9.17, 15) is 9.90 Å². The summed E-state index contributed by atoms with van der Waals surface area (Å²) >= 11 is 0. The lowest BCUT2D eigenvalue weighted by molar-refractivity contribution is -0.00610. The Kier molecular flexibility index (Phi) is 12.8. The molecule has 27 heavy (non-hydrogen) atoms. The number of aliphatic hydroxyl groups is 1. The van der Waals surface area contributed by atoms with Gasteiger partial charge in [0.1, 0.15) is 5.60 Å². The minimum absolute atomic E-state index is 0.00712. The lowest BCUT2D eigenvalue weighted by Gasteiger charge is -2.41. The van der Waals surface area contributed by atoms with Crippen molar-refractivity contribution in [1.29, 1.82) is 0 Å². The van der Waals surface area contributed by atoms with Crippen LogP contribution in [0.25, 0.3) is 0 Å². The predicted octanol–water partition coefficient (Wildman–Crippen LogP) is 4.54. The summed E-state index contributed by atoms with van der Waals surface area (Å²) in [5.41, 5.74) is 0.767. The maximum atomic E-state index is 12.4. The summed E-state index contributed by atoms with van der Waals surface area (Å²) in [6.45, 7) is 16.8. The summed E-state index contributed by atoms with van der Waals surface area (Å²) in [4.78, 5) is 16.5. The van der Waals surface area contributed by atoms with E-state index < -0.39 is 5.60 Å². The van der Waals surface area contributed by atoms with Gasteiger partial charge in [0.2, 0.25) is 0 Å². The molecule has 2 rings (SSSR count). The molecule has 1 fully saturated rings. The molecule has 1 unspecified atom stereocenters.